The Kier molecular flexibility index (Phi) is 4.95. The first kappa shape index (κ1) is 15.6. The standard InChI is InChI=1S/C16H13ClN4OS/c17-12-1-3-13(4-2-12)20-15(22)10-23-16-19-9-14(21-16)11-5-7-18-8-6-11/h1-9H,10H2,(H,19,21)(H,20,22). The molecule has 7 heteroatoms. The van der Waals surface area contributed by atoms with Gasteiger partial charge < -0.3 is 10.3 Å². The van der Waals surface area contributed by atoms with Crippen LogP contribution in [0.2, 0.25) is 5.02 Å². The van der Waals surface area contributed by atoms with Gasteiger partial charge in [0.25, 0.3) is 0 Å². The number of rotatable bonds is 5. The van der Waals surface area contributed by atoms with Gasteiger partial charge in [-0.3, -0.25) is 9.78 Å². The van der Waals surface area contributed by atoms with Crippen LogP contribution in [0.1, 0.15) is 0 Å². The molecule has 0 fully saturated rings. The number of hydrogen-bond donors (Lipinski definition) is 2. The van der Waals surface area contributed by atoms with E-state index in [0.29, 0.717) is 10.2 Å². The number of H-pyrrole nitrogens is 1. The van der Waals surface area contributed by atoms with Gasteiger partial charge in [0.15, 0.2) is 5.16 Å². The van der Waals surface area contributed by atoms with Gasteiger partial charge in [0.1, 0.15) is 0 Å². The van der Waals surface area contributed by atoms with Crippen LogP contribution in [0.25, 0.3) is 11.3 Å². The van der Waals surface area contributed by atoms with E-state index in [9.17, 15) is 4.79 Å². The van der Waals surface area contributed by atoms with E-state index in [0.717, 1.165) is 16.9 Å². The SMILES string of the molecule is O=C(CSc1ncc(-c2ccncc2)[nH]1)Nc1ccc(Cl)cc1. The number of halogens is 1. The van der Waals surface area contributed by atoms with E-state index in [4.69, 9.17) is 11.6 Å². The fourth-order valence-electron chi connectivity index (χ4n) is 1.92. The summed E-state index contributed by atoms with van der Waals surface area (Å²) in [6.45, 7) is 0. The molecule has 2 aromatic heterocycles. The number of carbonyl (C=O) groups excluding carboxylic acids is 1. The molecule has 0 aliphatic heterocycles. The lowest BCUT2D eigenvalue weighted by atomic mass is 10.2. The number of imidazole rings is 1. The van der Waals surface area contributed by atoms with Gasteiger partial charge in [-0.15, -0.1) is 0 Å². The van der Waals surface area contributed by atoms with E-state index in [1.165, 1.54) is 11.8 Å². The molecular weight excluding hydrogens is 332 g/mol. The summed E-state index contributed by atoms with van der Waals surface area (Å²) < 4.78 is 0. The van der Waals surface area contributed by atoms with Crippen LogP contribution in [0.15, 0.2) is 60.1 Å². The number of amides is 1. The molecule has 0 bridgehead atoms. The molecule has 0 radical (unpaired) electrons. The second-order valence-electron chi connectivity index (χ2n) is 4.68. The fourth-order valence-corrected chi connectivity index (χ4v) is 2.69. The van der Waals surface area contributed by atoms with Crippen molar-refractivity contribution in [3.05, 3.63) is 60.0 Å². The summed E-state index contributed by atoms with van der Waals surface area (Å²) in [4.78, 5) is 23.4. The minimum Gasteiger partial charge on any atom is -0.333 e. The summed E-state index contributed by atoms with van der Waals surface area (Å²) in [5, 5.41) is 4.14. The molecule has 116 valence electrons. The minimum absolute atomic E-state index is 0.0980. The van der Waals surface area contributed by atoms with E-state index < -0.39 is 0 Å². The highest BCUT2D eigenvalue weighted by molar-refractivity contribution is 7.99. The molecule has 0 atom stereocenters. The molecule has 2 N–H and O–H groups in total. The van der Waals surface area contributed by atoms with Crippen LogP contribution in [-0.2, 0) is 4.79 Å². The molecule has 1 amide bonds. The molecule has 2 heterocycles. The zero-order valence-electron chi connectivity index (χ0n) is 12.0. The zero-order chi connectivity index (χ0) is 16.1. The predicted molar refractivity (Wildman–Crippen MR) is 92.6 cm³/mol. The van der Waals surface area contributed by atoms with Gasteiger partial charge in [0, 0.05) is 28.7 Å². The number of anilines is 1. The van der Waals surface area contributed by atoms with Gasteiger partial charge in [0.05, 0.1) is 17.6 Å². The van der Waals surface area contributed by atoms with E-state index in [1.807, 2.05) is 12.1 Å². The van der Waals surface area contributed by atoms with E-state index >= 15 is 0 Å². The Bertz CT molecular complexity index is 789. The number of aromatic nitrogens is 3. The maximum absolute atomic E-state index is 11.9. The number of nitrogens with zero attached hydrogens (tertiary/aromatic N) is 2. The first-order valence-corrected chi connectivity index (χ1v) is 8.21. The molecule has 5 nitrogen and oxygen atoms in total. The molecule has 0 aliphatic carbocycles. The van der Waals surface area contributed by atoms with Gasteiger partial charge >= 0.3 is 0 Å². The maximum Gasteiger partial charge on any atom is 0.234 e. The van der Waals surface area contributed by atoms with Gasteiger partial charge in [-0.1, -0.05) is 23.4 Å². The van der Waals surface area contributed by atoms with Gasteiger partial charge in [-0.25, -0.2) is 4.98 Å². The molecule has 0 saturated heterocycles. The van der Waals surface area contributed by atoms with Gasteiger partial charge in [-0.2, -0.15) is 0 Å². The zero-order valence-corrected chi connectivity index (χ0v) is 13.6. The van der Waals surface area contributed by atoms with Crippen molar-refractivity contribution in [1.29, 1.82) is 0 Å². The Morgan fingerprint density at radius 3 is 2.65 bits per heavy atom. The predicted octanol–water partition coefficient (Wildman–Crippen LogP) is 3.86. The van der Waals surface area contributed by atoms with Crippen LogP contribution >= 0.6 is 23.4 Å². The van der Waals surface area contributed by atoms with Crippen LogP contribution in [0.3, 0.4) is 0 Å². The Morgan fingerprint density at radius 2 is 1.91 bits per heavy atom. The second-order valence-corrected chi connectivity index (χ2v) is 6.08. The highest BCUT2D eigenvalue weighted by atomic mass is 35.5. The third-order valence-corrected chi connectivity index (χ3v) is 4.15. The Hall–Kier alpha value is -2.31. The molecule has 23 heavy (non-hydrogen) atoms. The van der Waals surface area contributed by atoms with Crippen LogP contribution in [0.4, 0.5) is 5.69 Å². The molecule has 3 rings (SSSR count). The molecule has 3 aromatic rings. The highest BCUT2D eigenvalue weighted by Crippen LogP contribution is 2.21. The summed E-state index contributed by atoms with van der Waals surface area (Å²) in [7, 11) is 0. The second kappa shape index (κ2) is 7.30. The normalized spacial score (nSPS) is 10.5. The first-order valence-electron chi connectivity index (χ1n) is 6.84. The van der Waals surface area contributed by atoms with Crippen molar-refractivity contribution in [3.8, 4) is 11.3 Å². The Labute approximate surface area is 142 Å². The number of aromatic amines is 1. The van der Waals surface area contributed by atoms with Crippen molar-refractivity contribution in [1.82, 2.24) is 15.0 Å². The van der Waals surface area contributed by atoms with Crippen molar-refractivity contribution in [2.24, 2.45) is 0 Å². The van der Waals surface area contributed by atoms with Crippen molar-refractivity contribution in [3.63, 3.8) is 0 Å². The summed E-state index contributed by atoms with van der Waals surface area (Å²) in [5.41, 5.74) is 2.62. The lowest BCUT2D eigenvalue weighted by Crippen LogP contribution is -2.13. The quantitative estimate of drug-likeness (QED) is 0.689. The fraction of sp³-hybridized carbons (Fsp3) is 0.0625. The molecule has 0 saturated carbocycles. The summed E-state index contributed by atoms with van der Waals surface area (Å²) in [6, 6.07) is 10.8. The highest BCUT2D eigenvalue weighted by Gasteiger charge is 2.07. The van der Waals surface area contributed by atoms with Crippen LogP contribution in [0, 0.1) is 0 Å². The number of thioether (sulfide) groups is 1. The minimum atomic E-state index is -0.0980. The number of hydrogen-bond acceptors (Lipinski definition) is 4. The lowest BCUT2D eigenvalue weighted by molar-refractivity contribution is -0.113. The van der Waals surface area contributed by atoms with Crippen molar-refractivity contribution < 1.29 is 4.79 Å². The molecule has 0 spiro atoms. The third kappa shape index (κ3) is 4.34. The van der Waals surface area contributed by atoms with Crippen LogP contribution in [-0.4, -0.2) is 26.6 Å². The third-order valence-electron chi connectivity index (χ3n) is 3.01. The summed E-state index contributed by atoms with van der Waals surface area (Å²) in [5.74, 6) is 0.172. The van der Waals surface area contributed by atoms with Crippen LogP contribution < -0.4 is 5.32 Å². The van der Waals surface area contributed by atoms with Gasteiger partial charge in [-0.05, 0) is 36.4 Å². The molecule has 0 unspecified atom stereocenters. The first-order chi connectivity index (χ1) is 11.2. The molecular formula is C16H13ClN4OS. The average Bonchev–Trinajstić information content (AvgIpc) is 3.05. The van der Waals surface area contributed by atoms with Crippen molar-refractivity contribution >= 4 is 35.0 Å². The summed E-state index contributed by atoms with van der Waals surface area (Å²) >= 11 is 7.16. The van der Waals surface area contributed by atoms with E-state index in [2.05, 4.69) is 20.3 Å². The molecule has 1 aromatic carbocycles. The summed E-state index contributed by atoms with van der Waals surface area (Å²) in [6.07, 6.45) is 5.19. The number of benzene rings is 1. The van der Waals surface area contributed by atoms with E-state index in [1.54, 1.807) is 42.9 Å². The lowest BCUT2D eigenvalue weighted by Gasteiger charge is -2.04. The average molecular weight is 345 g/mol. The topological polar surface area (TPSA) is 70.7 Å². The van der Waals surface area contributed by atoms with Crippen molar-refractivity contribution in [2.45, 2.75) is 5.16 Å². The number of carbonyl (C=O) groups is 1. The number of nitrogens with one attached hydrogen (secondary N) is 2. The maximum atomic E-state index is 11.9. The largest absolute Gasteiger partial charge is 0.333 e. The number of pyridine rings is 1. The Morgan fingerprint density at radius 1 is 1.17 bits per heavy atom. The smallest absolute Gasteiger partial charge is 0.234 e. The van der Waals surface area contributed by atoms with E-state index in [-0.39, 0.29) is 11.7 Å². The van der Waals surface area contributed by atoms with Crippen molar-refractivity contribution in [2.75, 3.05) is 11.1 Å². The Balaban J connectivity index is 1.55. The molecule has 0 aliphatic rings. The monoisotopic (exact) mass is 344 g/mol. The van der Waals surface area contributed by atoms with Crippen LogP contribution in [0.5, 0.6) is 0 Å². The van der Waals surface area contributed by atoms with Gasteiger partial charge in [0.2, 0.25) is 5.91 Å².